The lowest BCUT2D eigenvalue weighted by Crippen LogP contribution is -2.36. The molecule has 1 saturated heterocycles. The second-order valence-electron chi connectivity index (χ2n) is 2.92. The highest BCUT2D eigenvalue weighted by Gasteiger charge is 2.31. The minimum Gasteiger partial charge on any atom is -0.276 e. The van der Waals surface area contributed by atoms with E-state index in [1.807, 2.05) is 26.0 Å². The van der Waals surface area contributed by atoms with Gasteiger partial charge >= 0.3 is 0 Å². The molecule has 0 aromatic heterocycles. The predicted molar refractivity (Wildman–Crippen MR) is 45.4 cm³/mol. The van der Waals surface area contributed by atoms with Gasteiger partial charge in [0, 0.05) is 12.8 Å². The van der Waals surface area contributed by atoms with E-state index < -0.39 is 0 Å². The van der Waals surface area contributed by atoms with Crippen molar-refractivity contribution < 1.29 is 9.59 Å². The topological polar surface area (TPSA) is 37.4 Å². The van der Waals surface area contributed by atoms with E-state index in [4.69, 9.17) is 0 Å². The van der Waals surface area contributed by atoms with E-state index in [-0.39, 0.29) is 17.9 Å². The Balaban J connectivity index is 2.72. The molecule has 1 heterocycles. The van der Waals surface area contributed by atoms with Crippen LogP contribution in [0.15, 0.2) is 12.2 Å². The van der Waals surface area contributed by atoms with Gasteiger partial charge in [0.2, 0.25) is 11.8 Å². The van der Waals surface area contributed by atoms with Crippen molar-refractivity contribution in [2.45, 2.75) is 32.7 Å². The van der Waals surface area contributed by atoms with Gasteiger partial charge in [-0.2, -0.15) is 0 Å². The number of carbonyl (C=O) groups excluding carboxylic acids is 2. The lowest BCUT2D eigenvalue weighted by atomic mass is 10.3. The van der Waals surface area contributed by atoms with Gasteiger partial charge in [0.05, 0.1) is 6.04 Å². The SMILES string of the molecule is CC=CC(C)N1C(=O)CCC1=O. The Kier molecular flexibility index (Phi) is 2.63. The molecule has 0 aromatic rings. The van der Waals surface area contributed by atoms with E-state index >= 15 is 0 Å². The normalized spacial score (nSPS) is 21.0. The summed E-state index contributed by atoms with van der Waals surface area (Å²) in [6.45, 7) is 3.72. The number of likely N-dealkylation sites (tertiary alicyclic amines) is 1. The average molecular weight is 167 g/mol. The van der Waals surface area contributed by atoms with Gasteiger partial charge in [-0.25, -0.2) is 0 Å². The Labute approximate surface area is 72.0 Å². The number of amides is 2. The molecule has 66 valence electrons. The highest BCUT2D eigenvalue weighted by molar-refractivity contribution is 6.02. The molecule has 1 aliphatic rings. The van der Waals surface area contributed by atoms with Gasteiger partial charge in [-0.15, -0.1) is 0 Å². The van der Waals surface area contributed by atoms with Crippen molar-refractivity contribution in [3.63, 3.8) is 0 Å². The van der Waals surface area contributed by atoms with E-state index in [2.05, 4.69) is 0 Å². The highest BCUT2D eigenvalue weighted by atomic mass is 16.2. The summed E-state index contributed by atoms with van der Waals surface area (Å²) in [6, 6.07) is -0.0856. The molecule has 0 aliphatic carbocycles. The quantitative estimate of drug-likeness (QED) is 0.456. The third-order valence-electron chi connectivity index (χ3n) is 1.97. The first kappa shape index (κ1) is 8.97. The van der Waals surface area contributed by atoms with Crippen LogP contribution in [0.3, 0.4) is 0 Å². The summed E-state index contributed by atoms with van der Waals surface area (Å²) in [5.74, 6) is -0.101. The maximum Gasteiger partial charge on any atom is 0.230 e. The minimum atomic E-state index is -0.0856. The Morgan fingerprint density at radius 1 is 1.33 bits per heavy atom. The standard InChI is InChI=1S/C9H13NO2/c1-3-4-7(2)10-8(11)5-6-9(10)12/h3-4,7H,5-6H2,1-2H3. The molecule has 0 N–H and O–H groups in total. The van der Waals surface area contributed by atoms with Crippen LogP contribution in [0.1, 0.15) is 26.7 Å². The molecule has 3 heteroatoms. The molecule has 0 saturated carbocycles. The van der Waals surface area contributed by atoms with Gasteiger partial charge in [0.25, 0.3) is 0 Å². The molecule has 1 rings (SSSR count). The van der Waals surface area contributed by atoms with Gasteiger partial charge in [-0.05, 0) is 13.8 Å². The van der Waals surface area contributed by atoms with Crippen molar-refractivity contribution in [3.8, 4) is 0 Å². The molecule has 1 aliphatic heterocycles. The van der Waals surface area contributed by atoms with Crippen LogP contribution in [0.25, 0.3) is 0 Å². The number of nitrogens with zero attached hydrogens (tertiary/aromatic N) is 1. The molecule has 12 heavy (non-hydrogen) atoms. The fourth-order valence-electron chi connectivity index (χ4n) is 1.41. The summed E-state index contributed by atoms with van der Waals surface area (Å²) >= 11 is 0. The van der Waals surface area contributed by atoms with Gasteiger partial charge in [0.1, 0.15) is 0 Å². The number of hydrogen-bond acceptors (Lipinski definition) is 2. The summed E-state index contributed by atoms with van der Waals surface area (Å²) in [4.78, 5) is 23.7. The van der Waals surface area contributed by atoms with Crippen LogP contribution in [0.4, 0.5) is 0 Å². The summed E-state index contributed by atoms with van der Waals surface area (Å²) in [7, 11) is 0. The molecule has 1 atom stereocenters. The predicted octanol–water partition coefficient (Wildman–Crippen LogP) is 1.10. The monoisotopic (exact) mass is 167 g/mol. The van der Waals surface area contributed by atoms with Gasteiger partial charge < -0.3 is 0 Å². The fraction of sp³-hybridized carbons (Fsp3) is 0.556. The van der Waals surface area contributed by atoms with Crippen molar-refractivity contribution in [1.82, 2.24) is 4.90 Å². The first-order chi connectivity index (χ1) is 5.66. The van der Waals surface area contributed by atoms with Gasteiger partial charge in [-0.3, -0.25) is 14.5 Å². The molecule has 1 fully saturated rings. The highest BCUT2D eigenvalue weighted by Crippen LogP contribution is 2.15. The molecular weight excluding hydrogens is 154 g/mol. The molecule has 3 nitrogen and oxygen atoms in total. The van der Waals surface area contributed by atoms with Gasteiger partial charge in [0.15, 0.2) is 0 Å². The molecule has 1 unspecified atom stereocenters. The van der Waals surface area contributed by atoms with Crippen LogP contribution >= 0.6 is 0 Å². The van der Waals surface area contributed by atoms with Crippen LogP contribution in [0, 0.1) is 0 Å². The van der Waals surface area contributed by atoms with Crippen molar-refractivity contribution in [2.24, 2.45) is 0 Å². The van der Waals surface area contributed by atoms with Crippen LogP contribution in [0.2, 0.25) is 0 Å². The van der Waals surface area contributed by atoms with Crippen LogP contribution in [-0.2, 0) is 9.59 Å². The van der Waals surface area contributed by atoms with Crippen molar-refractivity contribution in [2.75, 3.05) is 0 Å². The van der Waals surface area contributed by atoms with E-state index in [9.17, 15) is 9.59 Å². The Bertz CT molecular complexity index is 217. The first-order valence-electron chi connectivity index (χ1n) is 4.14. The first-order valence-corrected chi connectivity index (χ1v) is 4.14. The fourth-order valence-corrected chi connectivity index (χ4v) is 1.41. The van der Waals surface area contributed by atoms with Crippen LogP contribution in [-0.4, -0.2) is 22.8 Å². The number of hydrogen-bond donors (Lipinski definition) is 0. The van der Waals surface area contributed by atoms with E-state index in [0.29, 0.717) is 12.8 Å². The van der Waals surface area contributed by atoms with Crippen molar-refractivity contribution in [1.29, 1.82) is 0 Å². The smallest absolute Gasteiger partial charge is 0.230 e. The Morgan fingerprint density at radius 2 is 1.83 bits per heavy atom. The van der Waals surface area contributed by atoms with E-state index in [1.54, 1.807) is 0 Å². The average Bonchev–Trinajstić information content (AvgIpc) is 2.32. The third-order valence-corrected chi connectivity index (χ3v) is 1.97. The van der Waals surface area contributed by atoms with E-state index in [0.717, 1.165) is 0 Å². The lowest BCUT2D eigenvalue weighted by Gasteiger charge is -2.18. The largest absolute Gasteiger partial charge is 0.276 e. The second kappa shape index (κ2) is 3.52. The van der Waals surface area contributed by atoms with Crippen molar-refractivity contribution in [3.05, 3.63) is 12.2 Å². The Morgan fingerprint density at radius 3 is 2.25 bits per heavy atom. The third kappa shape index (κ3) is 1.55. The molecule has 0 aromatic carbocycles. The molecule has 2 amide bonds. The van der Waals surface area contributed by atoms with Crippen LogP contribution < -0.4 is 0 Å². The number of imide groups is 1. The van der Waals surface area contributed by atoms with Gasteiger partial charge in [-0.1, -0.05) is 12.2 Å². The summed E-state index contributed by atoms with van der Waals surface area (Å²) < 4.78 is 0. The molecular formula is C9H13NO2. The number of rotatable bonds is 2. The molecule has 0 radical (unpaired) electrons. The number of carbonyl (C=O) groups is 2. The zero-order valence-corrected chi connectivity index (χ0v) is 7.41. The summed E-state index contributed by atoms with van der Waals surface area (Å²) in [5, 5.41) is 0. The van der Waals surface area contributed by atoms with Crippen molar-refractivity contribution >= 4 is 11.8 Å². The zero-order valence-electron chi connectivity index (χ0n) is 7.41. The second-order valence-corrected chi connectivity index (χ2v) is 2.92. The minimum absolute atomic E-state index is 0.0504. The zero-order chi connectivity index (χ0) is 9.14. The van der Waals surface area contributed by atoms with E-state index in [1.165, 1.54) is 4.90 Å². The molecule has 0 spiro atoms. The maximum atomic E-state index is 11.2. The van der Waals surface area contributed by atoms with Crippen LogP contribution in [0.5, 0.6) is 0 Å². The Hall–Kier alpha value is -1.12. The summed E-state index contributed by atoms with van der Waals surface area (Å²) in [5.41, 5.74) is 0. The lowest BCUT2D eigenvalue weighted by molar-refractivity contribution is -0.139. The maximum absolute atomic E-state index is 11.2. The summed E-state index contributed by atoms with van der Waals surface area (Å²) in [6.07, 6.45) is 4.45. The number of allylic oxidation sites excluding steroid dienone is 1. The molecule has 0 bridgehead atoms.